The van der Waals surface area contributed by atoms with E-state index in [9.17, 15) is 65.1 Å². The Kier molecular flexibility index (Phi) is 18.2. The minimum atomic E-state index is -3.06. The first-order valence-corrected chi connectivity index (χ1v) is 18.4. The molecule has 324 valence electrons. The minimum absolute atomic E-state index is 0.0320. The van der Waals surface area contributed by atoms with Crippen molar-refractivity contribution >= 4 is 23.7 Å². The second kappa shape index (κ2) is 21.3. The quantitative estimate of drug-likeness (QED) is 0.0576. The fraction of sp³-hybridized carbons (Fsp3) is 0.879. The van der Waals surface area contributed by atoms with Crippen molar-refractivity contribution in [3.05, 3.63) is 0 Å². The summed E-state index contributed by atoms with van der Waals surface area (Å²) in [6.45, 7) is 3.37. The summed E-state index contributed by atoms with van der Waals surface area (Å²) in [5, 5.41) is 105. The first kappa shape index (κ1) is 47.7. The molecule has 3 fully saturated rings. The van der Waals surface area contributed by atoms with E-state index in [4.69, 9.17) is 34.2 Å². The van der Waals surface area contributed by atoms with E-state index in [0.717, 1.165) is 13.8 Å². The number of amides is 3. The Balaban J connectivity index is 1.94. The Morgan fingerprint density at radius 2 is 1.45 bits per heavy atom. The van der Waals surface area contributed by atoms with E-state index in [1.165, 1.54) is 0 Å². The number of rotatable bonds is 19. The molecule has 0 aromatic carbocycles. The number of carboxylic acids is 1. The van der Waals surface area contributed by atoms with E-state index in [0.29, 0.717) is 12.8 Å². The minimum Gasteiger partial charge on any atom is -0.477 e. The van der Waals surface area contributed by atoms with Gasteiger partial charge in [-0.15, -0.1) is 0 Å². The molecule has 0 radical (unpaired) electrons. The van der Waals surface area contributed by atoms with E-state index in [1.807, 2.05) is 0 Å². The maximum Gasteiger partial charge on any atom is 0.364 e. The third kappa shape index (κ3) is 11.3. The topological polar surface area (TPSA) is 368 Å². The number of ether oxygens (including phenoxy) is 6. The van der Waals surface area contributed by atoms with Gasteiger partial charge in [-0.1, -0.05) is 13.8 Å². The molecule has 0 saturated carbocycles. The second-order valence-electron chi connectivity index (χ2n) is 13.9. The average molecular weight is 815 g/mol. The molecule has 23 heteroatoms. The van der Waals surface area contributed by atoms with Gasteiger partial charge in [0.25, 0.3) is 5.79 Å². The molecule has 0 unspecified atom stereocenters. The second-order valence-corrected chi connectivity index (χ2v) is 13.9. The Hall–Kier alpha value is -2.72. The molecular formula is C33H58N4O19. The van der Waals surface area contributed by atoms with Crippen LogP contribution in [0.1, 0.15) is 47.0 Å². The zero-order valence-corrected chi connectivity index (χ0v) is 31.6. The summed E-state index contributed by atoms with van der Waals surface area (Å²) < 4.78 is 34.1. The number of aliphatic hydroxyl groups excluding tert-OH is 8. The van der Waals surface area contributed by atoms with Crippen LogP contribution >= 0.6 is 0 Å². The van der Waals surface area contributed by atoms with Gasteiger partial charge in [-0.05, 0) is 12.8 Å². The summed E-state index contributed by atoms with van der Waals surface area (Å²) in [5.41, 5.74) is 5.50. The third-order valence-electron chi connectivity index (χ3n) is 9.90. The third-order valence-corrected chi connectivity index (χ3v) is 9.90. The van der Waals surface area contributed by atoms with Crippen LogP contribution in [0, 0.1) is 5.92 Å². The number of nitrogens with two attached hydrogens (primary N) is 1. The van der Waals surface area contributed by atoms with Crippen molar-refractivity contribution in [1.29, 1.82) is 0 Å². The summed E-state index contributed by atoms with van der Waals surface area (Å²) in [5.74, 6) is -7.23. The molecular weight excluding hydrogens is 756 g/mol. The van der Waals surface area contributed by atoms with Crippen molar-refractivity contribution in [1.82, 2.24) is 16.0 Å². The number of nitrogens with one attached hydrogen (secondary N) is 3. The average Bonchev–Trinajstić information content (AvgIpc) is 3.15. The van der Waals surface area contributed by atoms with Crippen LogP contribution in [-0.2, 0) is 47.6 Å². The van der Waals surface area contributed by atoms with Gasteiger partial charge in [0.05, 0.1) is 38.1 Å². The smallest absolute Gasteiger partial charge is 0.364 e. The summed E-state index contributed by atoms with van der Waals surface area (Å²) in [4.78, 5) is 49.6. The molecule has 14 N–H and O–H groups in total. The predicted octanol–water partition coefficient (Wildman–Crippen LogP) is -6.54. The summed E-state index contributed by atoms with van der Waals surface area (Å²) in [7, 11) is 0. The number of carbonyl (C=O) groups excluding carboxylic acids is 3. The van der Waals surface area contributed by atoms with Gasteiger partial charge in [0.15, 0.2) is 12.6 Å². The normalized spacial score (nSPS) is 37.4. The fourth-order valence-electron chi connectivity index (χ4n) is 6.90. The van der Waals surface area contributed by atoms with Gasteiger partial charge in [0, 0.05) is 39.3 Å². The number of aliphatic carboxylic acids is 1. The Morgan fingerprint density at radius 1 is 0.857 bits per heavy atom. The zero-order valence-electron chi connectivity index (χ0n) is 31.6. The molecule has 3 amide bonds. The van der Waals surface area contributed by atoms with Crippen molar-refractivity contribution in [2.24, 2.45) is 11.7 Å². The maximum atomic E-state index is 13.0. The Morgan fingerprint density at radius 3 is 1.98 bits per heavy atom. The van der Waals surface area contributed by atoms with Crippen molar-refractivity contribution in [3.8, 4) is 0 Å². The highest BCUT2D eigenvalue weighted by molar-refractivity contribution is 5.78. The number of carbonyl (C=O) groups is 4. The molecule has 3 aliphatic heterocycles. The number of aliphatic hydroxyl groups is 8. The van der Waals surface area contributed by atoms with E-state index in [1.54, 1.807) is 13.8 Å². The van der Waals surface area contributed by atoms with Gasteiger partial charge in [0.2, 0.25) is 17.7 Å². The van der Waals surface area contributed by atoms with E-state index < -0.39 is 153 Å². The van der Waals surface area contributed by atoms with Crippen LogP contribution in [0.4, 0.5) is 0 Å². The molecule has 0 spiro atoms. The molecule has 3 rings (SSSR count). The van der Waals surface area contributed by atoms with Gasteiger partial charge >= 0.3 is 5.97 Å². The molecule has 0 aliphatic carbocycles. The van der Waals surface area contributed by atoms with Crippen molar-refractivity contribution in [2.75, 3.05) is 32.9 Å². The number of carboxylic acid groups (broad SMARTS) is 1. The Bertz CT molecular complexity index is 1300. The first-order chi connectivity index (χ1) is 26.4. The molecule has 3 saturated heterocycles. The molecule has 23 nitrogen and oxygen atoms in total. The highest BCUT2D eigenvalue weighted by Gasteiger charge is 2.60. The predicted molar refractivity (Wildman–Crippen MR) is 184 cm³/mol. The highest BCUT2D eigenvalue weighted by Crippen LogP contribution is 2.38. The van der Waals surface area contributed by atoms with Crippen LogP contribution in [0.5, 0.6) is 0 Å². The van der Waals surface area contributed by atoms with E-state index >= 15 is 0 Å². The van der Waals surface area contributed by atoms with Crippen LogP contribution in [0.15, 0.2) is 0 Å². The van der Waals surface area contributed by atoms with Gasteiger partial charge in [-0.3, -0.25) is 14.4 Å². The largest absolute Gasteiger partial charge is 0.477 e. The van der Waals surface area contributed by atoms with Crippen molar-refractivity contribution < 1.29 is 93.6 Å². The standard InChI is InChI=1S/C33H58N4O19/c1-5-15(6-2)29(48)35-10-17(43)22(44)27-20(36-13(3)40)16(42)9-33(55-27,32(49)50)56-28-23(45)18(11-38)52-31(25(28)47)54-26-19(12-39)53-30(51-8-7-34)21(24(26)46)37-14(4)41/h15-28,30-31,38-39,42-47H,5-12,34H2,1-4H3,(H,35,48)(H,36,40)(H,37,41)(H,49,50)/t16-,17+,18+,19+,20+,21+,22+,23-,24+,25+,26+,27+,28-,30+,31-,33-/m0/s1. The summed E-state index contributed by atoms with van der Waals surface area (Å²) in [6.07, 6.45) is -24.0. The van der Waals surface area contributed by atoms with Crippen molar-refractivity contribution in [2.45, 2.75) is 145 Å². The van der Waals surface area contributed by atoms with Crippen LogP contribution in [0.3, 0.4) is 0 Å². The molecule has 3 heterocycles. The lowest BCUT2D eigenvalue weighted by atomic mass is 9.87. The van der Waals surface area contributed by atoms with Crippen LogP contribution in [-0.4, -0.2) is 200 Å². The van der Waals surface area contributed by atoms with Crippen LogP contribution in [0.2, 0.25) is 0 Å². The van der Waals surface area contributed by atoms with Crippen LogP contribution in [0.25, 0.3) is 0 Å². The lowest BCUT2D eigenvalue weighted by Gasteiger charge is -2.51. The number of hydrogen-bond acceptors (Lipinski definition) is 19. The molecule has 3 aliphatic rings. The highest BCUT2D eigenvalue weighted by atomic mass is 16.8. The molecule has 0 aromatic heterocycles. The number of hydrogen-bond donors (Lipinski definition) is 13. The summed E-state index contributed by atoms with van der Waals surface area (Å²) >= 11 is 0. The SMILES string of the molecule is CCC(CC)C(=O)NC[C@@H](O)[C@@H](O)[C@@H]1O[C@@](O[C@H]2[C@@H](O)[C@@H](CO)O[C@@H](O[C@H]3[C@H](O)[C@@H](NC(C)=O)[C@H](OCCN)O[C@@H]3CO)[C@@H]2O)(C(=O)O)C[C@H](O)[C@H]1NC(C)=O. The van der Waals surface area contributed by atoms with Gasteiger partial charge in [0.1, 0.15) is 61.0 Å². The van der Waals surface area contributed by atoms with E-state index in [-0.39, 0.29) is 13.2 Å². The maximum absolute atomic E-state index is 13.0. The molecule has 0 bridgehead atoms. The van der Waals surface area contributed by atoms with E-state index in [2.05, 4.69) is 16.0 Å². The monoisotopic (exact) mass is 814 g/mol. The van der Waals surface area contributed by atoms with Gasteiger partial charge in [-0.25, -0.2) is 4.79 Å². The van der Waals surface area contributed by atoms with Crippen molar-refractivity contribution in [3.63, 3.8) is 0 Å². The molecule has 56 heavy (non-hydrogen) atoms. The lowest BCUT2D eigenvalue weighted by Crippen LogP contribution is -2.71. The lowest BCUT2D eigenvalue weighted by molar-refractivity contribution is -0.382. The van der Waals surface area contributed by atoms with Gasteiger partial charge < -0.3 is 96.1 Å². The first-order valence-electron chi connectivity index (χ1n) is 18.4. The Labute approximate surface area is 322 Å². The zero-order chi connectivity index (χ0) is 42.1. The van der Waals surface area contributed by atoms with Crippen LogP contribution < -0.4 is 21.7 Å². The summed E-state index contributed by atoms with van der Waals surface area (Å²) in [6, 6.07) is -2.89. The van der Waals surface area contributed by atoms with Gasteiger partial charge in [-0.2, -0.15) is 0 Å². The molecule has 16 atom stereocenters. The molecule has 0 aromatic rings. The fourth-order valence-corrected chi connectivity index (χ4v) is 6.90.